The molecule has 0 aliphatic carbocycles. The molecule has 9 heteroatoms. The highest BCUT2D eigenvalue weighted by molar-refractivity contribution is 7.47. The molecule has 0 saturated carbocycles. The van der Waals surface area contributed by atoms with Gasteiger partial charge in [0.15, 0.2) is 6.10 Å². The van der Waals surface area contributed by atoms with Gasteiger partial charge in [0, 0.05) is 20.0 Å². The Morgan fingerprint density at radius 1 is 0.622 bits per heavy atom. The van der Waals surface area contributed by atoms with Crippen molar-refractivity contribution < 1.29 is 37.6 Å². The molecule has 0 saturated heterocycles. The molecule has 0 rings (SSSR count). The van der Waals surface area contributed by atoms with Crippen LogP contribution >= 0.6 is 7.82 Å². The molecule has 0 aliphatic heterocycles. The number of unbranched alkanes of at least 4 members (excludes halogenated alkanes) is 15. The average Bonchev–Trinajstić information content (AvgIpc) is 3.03. The van der Waals surface area contributed by atoms with Gasteiger partial charge >= 0.3 is 19.8 Å². The van der Waals surface area contributed by atoms with Crippen LogP contribution in [0.15, 0.2) is 36.5 Å². The van der Waals surface area contributed by atoms with Crippen molar-refractivity contribution in [2.24, 2.45) is 0 Å². The molecule has 45 heavy (non-hydrogen) atoms. The van der Waals surface area contributed by atoms with Gasteiger partial charge in [-0.05, 0) is 64.2 Å². The summed E-state index contributed by atoms with van der Waals surface area (Å²) < 4.78 is 31.8. The number of phosphoric acid groups is 1. The van der Waals surface area contributed by atoms with E-state index in [-0.39, 0.29) is 25.4 Å². The third-order valence-corrected chi connectivity index (χ3v) is 8.27. The van der Waals surface area contributed by atoms with E-state index in [9.17, 15) is 19.0 Å². The first-order valence-corrected chi connectivity index (χ1v) is 19.2. The second kappa shape index (κ2) is 32.2. The number of carbonyl (C=O) groups excluding carboxylic acids is 2. The lowest BCUT2D eigenvalue weighted by Gasteiger charge is -2.19. The van der Waals surface area contributed by atoms with Gasteiger partial charge in [0.2, 0.25) is 0 Å². The van der Waals surface area contributed by atoms with E-state index in [1.807, 2.05) is 0 Å². The Morgan fingerprint density at radius 2 is 1.11 bits per heavy atom. The summed E-state index contributed by atoms with van der Waals surface area (Å²) in [6.45, 7) is 3.76. The summed E-state index contributed by atoms with van der Waals surface area (Å²) in [5.41, 5.74) is 0. The number of ether oxygens (including phenoxy) is 2. The predicted octanol–water partition coefficient (Wildman–Crippen LogP) is 10.5. The van der Waals surface area contributed by atoms with Crippen LogP contribution in [0.2, 0.25) is 0 Å². The quantitative estimate of drug-likeness (QED) is 0.0330. The second-order valence-corrected chi connectivity index (χ2v) is 13.2. The van der Waals surface area contributed by atoms with Crippen LogP contribution in [-0.2, 0) is 32.7 Å². The van der Waals surface area contributed by atoms with Crippen molar-refractivity contribution in [3.8, 4) is 0 Å². The number of allylic oxidation sites excluding steroid dienone is 6. The van der Waals surface area contributed by atoms with Crippen molar-refractivity contribution in [1.82, 2.24) is 0 Å². The van der Waals surface area contributed by atoms with E-state index in [0.717, 1.165) is 90.6 Å². The predicted molar refractivity (Wildman–Crippen MR) is 184 cm³/mol. The molecule has 0 amide bonds. The number of carbonyl (C=O) groups is 2. The Labute approximate surface area is 275 Å². The number of phosphoric ester groups is 1. The molecule has 8 nitrogen and oxygen atoms in total. The third kappa shape index (κ3) is 32.0. The first kappa shape index (κ1) is 43.3. The van der Waals surface area contributed by atoms with Gasteiger partial charge in [-0.3, -0.25) is 18.6 Å². The third-order valence-electron chi connectivity index (χ3n) is 7.34. The van der Waals surface area contributed by atoms with Gasteiger partial charge in [0.25, 0.3) is 0 Å². The molecule has 1 N–H and O–H groups in total. The smallest absolute Gasteiger partial charge is 0.462 e. The molecular weight excluding hydrogens is 591 g/mol. The molecule has 0 aromatic rings. The first-order chi connectivity index (χ1) is 21.8. The Kier molecular flexibility index (Phi) is 31.0. The van der Waals surface area contributed by atoms with E-state index in [2.05, 4.69) is 54.8 Å². The van der Waals surface area contributed by atoms with Gasteiger partial charge in [0.1, 0.15) is 6.61 Å². The number of esters is 2. The Morgan fingerprint density at radius 3 is 1.67 bits per heavy atom. The van der Waals surface area contributed by atoms with Crippen LogP contribution in [0.3, 0.4) is 0 Å². The molecule has 0 radical (unpaired) electrons. The summed E-state index contributed by atoms with van der Waals surface area (Å²) in [5, 5.41) is 0. The van der Waals surface area contributed by atoms with Crippen LogP contribution in [0.25, 0.3) is 0 Å². The molecule has 0 heterocycles. The van der Waals surface area contributed by atoms with E-state index in [4.69, 9.17) is 14.0 Å². The van der Waals surface area contributed by atoms with E-state index in [1.165, 1.54) is 38.5 Å². The van der Waals surface area contributed by atoms with E-state index < -0.39 is 26.5 Å². The van der Waals surface area contributed by atoms with Crippen LogP contribution in [0.5, 0.6) is 0 Å². The van der Waals surface area contributed by atoms with Gasteiger partial charge in [-0.25, -0.2) is 4.57 Å². The summed E-state index contributed by atoms with van der Waals surface area (Å²) in [4.78, 5) is 34.2. The fourth-order valence-corrected chi connectivity index (χ4v) is 5.03. The van der Waals surface area contributed by atoms with E-state index in [1.54, 1.807) is 0 Å². The maximum Gasteiger partial charge on any atom is 0.472 e. The molecular formula is C36H65O8P. The molecule has 0 aromatic heterocycles. The minimum absolute atomic E-state index is 0.226. The molecule has 2 atom stereocenters. The van der Waals surface area contributed by atoms with Gasteiger partial charge in [-0.2, -0.15) is 0 Å². The van der Waals surface area contributed by atoms with Crippen molar-refractivity contribution >= 4 is 19.8 Å². The highest BCUT2D eigenvalue weighted by atomic mass is 31.2. The zero-order valence-electron chi connectivity index (χ0n) is 28.8. The molecule has 2 unspecified atom stereocenters. The number of hydrogen-bond donors (Lipinski definition) is 1. The Hall–Kier alpha value is -1.73. The minimum atomic E-state index is -4.26. The monoisotopic (exact) mass is 656 g/mol. The SMILES string of the molecule is CCC/C=C\C/C=C\CCCCCCCC(=O)OC(COC(=O)CCCCCCC/C=C\CCCCCC)COP(=O)(O)OC. The molecule has 0 aliphatic rings. The van der Waals surface area contributed by atoms with Crippen molar-refractivity contribution in [2.45, 2.75) is 161 Å². The van der Waals surface area contributed by atoms with Crippen molar-refractivity contribution in [3.63, 3.8) is 0 Å². The first-order valence-electron chi connectivity index (χ1n) is 17.7. The molecule has 0 spiro atoms. The van der Waals surface area contributed by atoms with E-state index in [0.29, 0.717) is 6.42 Å². The standard InChI is InChI=1S/C36H65O8P/c1-4-6-8-10-12-14-16-18-20-22-24-26-28-30-35(37)42-32-34(33-43-45(39,40)41-3)44-36(38)31-29-27-25-23-21-19-17-15-13-11-9-7-5-2/h9,11,14-17,34H,4-8,10,12-13,18-33H2,1-3H3,(H,39,40)/b11-9-,16-14-,17-15-. The Balaban J connectivity index is 4.14. The minimum Gasteiger partial charge on any atom is -0.462 e. The van der Waals surface area contributed by atoms with Gasteiger partial charge in [-0.1, -0.05) is 115 Å². The van der Waals surface area contributed by atoms with Crippen LogP contribution in [0, 0.1) is 0 Å². The summed E-state index contributed by atoms with van der Waals surface area (Å²) >= 11 is 0. The molecule has 0 bridgehead atoms. The summed E-state index contributed by atoms with van der Waals surface area (Å²) in [5.74, 6) is -0.834. The van der Waals surface area contributed by atoms with Gasteiger partial charge in [-0.15, -0.1) is 0 Å². The van der Waals surface area contributed by atoms with Crippen molar-refractivity contribution in [3.05, 3.63) is 36.5 Å². The molecule has 262 valence electrons. The lowest BCUT2D eigenvalue weighted by atomic mass is 10.1. The number of rotatable bonds is 32. The average molecular weight is 657 g/mol. The summed E-state index contributed by atoms with van der Waals surface area (Å²) in [7, 11) is -3.21. The zero-order valence-corrected chi connectivity index (χ0v) is 29.7. The van der Waals surface area contributed by atoms with E-state index >= 15 is 0 Å². The van der Waals surface area contributed by atoms with Crippen LogP contribution in [0.1, 0.15) is 155 Å². The maximum absolute atomic E-state index is 12.4. The summed E-state index contributed by atoms with van der Waals surface area (Å²) in [6, 6.07) is 0. The van der Waals surface area contributed by atoms with Gasteiger partial charge < -0.3 is 14.4 Å². The lowest BCUT2D eigenvalue weighted by molar-refractivity contribution is -0.161. The Bertz CT molecular complexity index is 839. The second-order valence-electron chi connectivity index (χ2n) is 11.6. The normalized spacial score (nSPS) is 14.0. The van der Waals surface area contributed by atoms with Gasteiger partial charge in [0.05, 0.1) is 6.61 Å². The zero-order chi connectivity index (χ0) is 33.3. The molecule has 0 fully saturated rings. The molecule has 0 aromatic carbocycles. The highest BCUT2D eigenvalue weighted by Gasteiger charge is 2.24. The fourth-order valence-electron chi connectivity index (χ4n) is 4.57. The number of hydrogen-bond acceptors (Lipinski definition) is 7. The summed E-state index contributed by atoms with van der Waals surface area (Å²) in [6.07, 6.45) is 34.8. The lowest BCUT2D eigenvalue weighted by Crippen LogP contribution is -2.29. The largest absolute Gasteiger partial charge is 0.472 e. The fraction of sp³-hybridized carbons (Fsp3) is 0.778. The van der Waals surface area contributed by atoms with Crippen LogP contribution < -0.4 is 0 Å². The topological polar surface area (TPSA) is 108 Å². The highest BCUT2D eigenvalue weighted by Crippen LogP contribution is 2.42. The van der Waals surface area contributed by atoms with Crippen LogP contribution in [0.4, 0.5) is 0 Å². The maximum atomic E-state index is 12.4. The van der Waals surface area contributed by atoms with Crippen LogP contribution in [-0.4, -0.2) is 43.3 Å². The van der Waals surface area contributed by atoms with Crippen molar-refractivity contribution in [1.29, 1.82) is 0 Å². The van der Waals surface area contributed by atoms with Crippen molar-refractivity contribution in [2.75, 3.05) is 20.3 Å².